The van der Waals surface area contributed by atoms with Gasteiger partial charge in [0.25, 0.3) is 0 Å². The monoisotopic (exact) mass is 494 g/mol. The number of fused-ring (bicyclic) bond motifs is 1. The van der Waals surface area contributed by atoms with Gasteiger partial charge in [-0.2, -0.15) is 0 Å². The zero-order valence-corrected chi connectivity index (χ0v) is 20.1. The van der Waals surface area contributed by atoms with E-state index in [-0.39, 0.29) is 30.4 Å². The number of aliphatic hydroxyl groups excluding tert-OH is 2. The average molecular weight is 495 g/mol. The summed E-state index contributed by atoms with van der Waals surface area (Å²) in [7, 11) is 0. The Bertz CT molecular complexity index is 1090. The van der Waals surface area contributed by atoms with E-state index in [0.29, 0.717) is 26.2 Å². The fourth-order valence-electron chi connectivity index (χ4n) is 5.49. The zero-order chi connectivity index (χ0) is 25.1. The predicted octanol–water partition coefficient (Wildman–Crippen LogP) is 3.51. The second-order valence-electron chi connectivity index (χ2n) is 9.79. The second-order valence-corrected chi connectivity index (χ2v) is 9.79. The normalized spacial score (nSPS) is 24.2. The summed E-state index contributed by atoms with van der Waals surface area (Å²) in [6.45, 7) is 2.82. The van der Waals surface area contributed by atoms with Crippen molar-refractivity contribution in [2.45, 2.75) is 50.4 Å². The van der Waals surface area contributed by atoms with Gasteiger partial charge in [0.1, 0.15) is 23.8 Å². The number of aliphatic hydroxyl groups is 2. The van der Waals surface area contributed by atoms with Gasteiger partial charge in [-0.15, -0.1) is 0 Å². The molecule has 1 fully saturated rings. The van der Waals surface area contributed by atoms with Crippen molar-refractivity contribution >= 4 is 0 Å². The number of halogens is 2. The molecule has 4 atom stereocenters. The molecule has 5 rings (SSSR count). The molecule has 4 unspecified atom stereocenters. The molecule has 0 aliphatic carbocycles. The molecule has 0 radical (unpaired) electrons. The minimum absolute atomic E-state index is 0.255. The van der Waals surface area contributed by atoms with Crippen molar-refractivity contribution in [1.82, 2.24) is 9.80 Å². The molecule has 3 aromatic rings. The van der Waals surface area contributed by atoms with E-state index >= 15 is 0 Å². The Labute approximate surface area is 210 Å². The van der Waals surface area contributed by atoms with Gasteiger partial charge in [-0.25, -0.2) is 8.78 Å². The molecule has 0 amide bonds. The van der Waals surface area contributed by atoms with Gasteiger partial charge in [0.2, 0.25) is 0 Å². The van der Waals surface area contributed by atoms with Gasteiger partial charge in [0, 0.05) is 32.7 Å². The highest BCUT2D eigenvalue weighted by Gasteiger charge is 2.47. The van der Waals surface area contributed by atoms with Crippen LogP contribution in [0, 0.1) is 11.6 Å². The van der Waals surface area contributed by atoms with E-state index in [0.717, 1.165) is 24.1 Å². The van der Waals surface area contributed by atoms with Crippen LogP contribution in [0.5, 0.6) is 0 Å². The molecule has 2 heterocycles. The largest absolute Gasteiger partial charge is 0.394 e. The maximum absolute atomic E-state index is 13.5. The molecule has 5 nitrogen and oxygen atoms in total. The Hall–Kier alpha value is -2.68. The molecule has 0 spiro atoms. The van der Waals surface area contributed by atoms with Gasteiger partial charge in [0.15, 0.2) is 0 Å². The molecule has 0 saturated carbocycles. The second kappa shape index (κ2) is 11.2. The van der Waals surface area contributed by atoms with Gasteiger partial charge in [0.05, 0.1) is 18.8 Å². The molecular weight excluding hydrogens is 462 g/mol. The van der Waals surface area contributed by atoms with Gasteiger partial charge in [-0.05, 0) is 52.9 Å². The summed E-state index contributed by atoms with van der Waals surface area (Å²) in [4.78, 5) is 4.43. The first-order valence-corrected chi connectivity index (χ1v) is 12.5. The van der Waals surface area contributed by atoms with E-state index in [4.69, 9.17) is 4.74 Å². The maximum atomic E-state index is 13.5. The highest BCUT2D eigenvalue weighted by atomic mass is 19.1. The average Bonchev–Trinajstić information content (AvgIpc) is 3.21. The van der Waals surface area contributed by atoms with Gasteiger partial charge in [-0.3, -0.25) is 9.80 Å². The molecule has 2 N–H and O–H groups in total. The summed E-state index contributed by atoms with van der Waals surface area (Å²) in [6.07, 6.45) is -0.923. The number of hydrogen-bond donors (Lipinski definition) is 2. The summed E-state index contributed by atoms with van der Waals surface area (Å²) in [5.41, 5.74) is 4.46. The summed E-state index contributed by atoms with van der Waals surface area (Å²) >= 11 is 0. The van der Waals surface area contributed by atoms with Crippen LogP contribution in [0.15, 0.2) is 72.8 Å². The molecule has 1 saturated heterocycles. The fraction of sp³-hybridized carbons (Fsp3) is 0.379. The highest BCUT2D eigenvalue weighted by Crippen LogP contribution is 2.31. The third-order valence-electron chi connectivity index (χ3n) is 7.30. The lowest BCUT2D eigenvalue weighted by Crippen LogP contribution is -2.52. The van der Waals surface area contributed by atoms with Crippen LogP contribution < -0.4 is 0 Å². The van der Waals surface area contributed by atoms with Crippen molar-refractivity contribution in [3.05, 3.63) is 107 Å². The number of ether oxygens (including phenoxy) is 1. The van der Waals surface area contributed by atoms with Crippen LogP contribution >= 0.6 is 0 Å². The van der Waals surface area contributed by atoms with Crippen LogP contribution in [0.2, 0.25) is 0 Å². The van der Waals surface area contributed by atoms with Crippen molar-refractivity contribution in [1.29, 1.82) is 0 Å². The third kappa shape index (κ3) is 5.66. The number of benzene rings is 3. The van der Waals surface area contributed by atoms with E-state index in [1.807, 2.05) is 6.07 Å². The topological polar surface area (TPSA) is 56.2 Å². The molecular formula is C29H32F2N2O3. The zero-order valence-electron chi connectivity index (χ0n) is 20.1. The lowest BCUT2D eigenvalue weighted by atomic mass is 9.95. The molecule has 0 aromatic heterocycles. The summed E-state index contributed by atoms with van der Waals surface area (Å²) < 4.78 is 33.2. The Morgan fingerprint density at radius 2 is 1.42 bits per heavy atom. The molecule has 7 heteroatoms. The van der Waals surface area contributed by atoms with Crippen LogP contribution in [-0.4, -0.2) is 64.1 Å². The first-order valence-electron chi connectivity index (χ1n) is 12.5. The lowest BCUT2D eigenvalue weighted by molar-refractivity contribution is -0.0326. The van der Waals surface area contributed by atoms with Crippen molar-refractivity contribution in [3.63, 3.8) is 0 Å². The summed E-state index contributed by atoms with van der Waals surface area (Å²) in [6, 6.07) is 20.9. The van der Waals surface area contributed by atoms with Crippen molar-refractivity contribution in [2.75, 3.05) is 19.7 Å². The van der Waals surface area contributed by atoms with Crippen LogP contribution in [0.1, 0.15) is 22.3 Å². The molecule has 0 bridgehead atoms. The molecule has 2 aliphatic heterocycles. The molecule has 190 valence electrons. The fourth-order valence-corrected chi connectivity index (χ4v) is 5.49. The smallest absolute Gasteiger partial charge is 0.123 e. The Kier molecular flexibility index (Phi) is 7.74. The molecule has 36 heavy (non-hydrogen) atoms. The van der Waals surface area contributed by atoms with E-state index in [2.05, 4.69) is 28.0 Å². The van der Waals surface area contributed by atoms with Crippen LogP contribution in [0.3, 0.4) is 0 Å². The van der Waals surface area contributed by atoms with E-state index in [1.165, 1.54) is 35.4 Å². The van der Waals surface area contributed by atoms with E-state index in [9.17, 15) is 19.0 Å². The first-order chi connectivity index (χ1) is 17.5. The van der Waals surface area contributed by atoms with Crippen LogP contribution in [0.4, 0.5) is 8.78 Å². The highest BCUT2D eigenvalue weighted by molar-refractivity contribution is 5.29. The molecule has 3 aromatic carbocycles. The van der Waals surface area contributed by atoms with Gasteiger partial charge >= 0.3 is 0 Å². The van der Waals surface area contributed by atoms with E-state index in [1.54, 1.807) is 24.3 Å². The van der Waals surface area contributed by atoms with Crippen molar-refractivity contribution in [2.24, 2.45) is 0 Å². The number of rotatable bonds is 8. The maximum Gasteiger partial charge on any atom is 0.123 e. The summed E-state index contributed by atoms with van der Waals surface area (Å²) in [5, 5.41) is 21.0. The minimum Gasteiger partial charge on any atom is -0.394 e. The lowest BCUT2D eigenvalue weighted by Gasteiger charge is -2.38. The van der Waals surface area contributed by atoms with Gasteiger partial charge in [-0.1, -0.05) is 48.5 Å². The third-order valence-corrected chi connectivity index (χ3v) is 7.30. The summed E-state index contributed by atoms with van der Waals surface area (Å²) in [5.74, 6) is -0.579. The first kappa shape index (κ1) is 25.0. The van der Waals surface area contributed by atoms with E-state index < -0.39 is 12.2 Å². The quantitative estimate of drug-likeness (QED) is 0.502. The minimum atomic E-state index is -0.816. The standard InChI is InChI=1S/C29H32F2N2O3/c30-24-9-5-20(6-10-24)15-32(16-21-7-11-25(31)12-8-21)18-26-28(29(35)27(19-34)36-26)33-14-13-22-3-1-2-4-23(22)17-33/h1-12,26-29,34-35H,13-19H2. The van der Waals surface area contributed by atoms with Crippen molar-refractivity contribution < 1.29 is 23.7 Å². The van der Waals surface area contributed by atoms with Gasteiger partial charge < -0.3 is 14.9 Å². The number of hydrogen-bond acceptors (Lipinski definition) is 5. The number of nitrogens with zero attached hydrogens (tertiary/aromatic N) is 2. The Morgan fingerprint density at radius 1 is 0.833 bits per heavy atom. The van der Waals surface area contributed by atoms with Crippen molar-refractivity contribution in [3.8, 4) is 0 Å². The SMILES string of the molecule is OCC1OC(CN(Cc2ccc(F)cc2)Cc2ccc(F)cc2)C(N2CCc3ccccc3C2)C1O. The van der Waals surface area contributed by atoms with Crippen LogP contribution in [-0.2, 0) is 30.8 Å². The predicted molar refractivity (Wildman–Crippen MR) is 133 cm³/mol. The molecule has 2 aliphatic rings. The van der Waals surface area contributed by atoms with Crippen LogP contribution in [0.25, 0.3) is 0 Å². The Morgan fingerprint density at radius 3 is 2.00 bits per heavy atom. The Balaban J connectivity index is 1.38.